The molecule has 0 spiro atoms. The molecule has 8 nitrogen and oxygen atoms in total. The van der Waals surface area contributed by atoms with Crippen molar-refractivity contribution in [3.05, 3.63) is 230 Å². The molecular formula is C76H79Cl3O8S2. The summed E-state index contributed by atoms with van der Waals surface area (Å²) in [6, 6.07) is 74.1. The standard InChI is InChI=1S/C38H39O4S.C25H20O2S.C13H19ClO2.2ClH/c1-38(30-21-28-20-29(23-30)24-31(38)22-28)42-37(39)26-41-32-14-12-27(13-15-32)25-40-33-16-18-36(19-17-33)43(34-8-4-2-5-9-34)35-10-6-3-7-11-35;26-21-13-11-20(12-14-21)19-27-22-15-17-25(18-16-22)28(23-7-3-1-4-8-23)24-9-5-2-6-10-24;1-13(16-12(15)7-14)10-3-8-2-9(5-10)6-11(13)4-8;;/h2-19,28-31H,20-26H2,1H3;1-18H,19H2;8-11H,2-7H2,1H3;2*1H/q+1;;;;/p-1. The van der Waals surface area contributed by atoms with E-state index in [-0.39, 0.29) is 88.0 Å². The van der Waals surface area contributed by atoms with Crippen molar-refractivity contribution in [2.75, 3.05) is 12.5 Å². The van der Waals surface area contributed by atoms with Crippen LogP contribution in [-0.4, -0.2) is 40.7 Å². The van der Waals surface area contributed by atoms with E-state index in [0.717, 1.165) is 46.3 Å². The van der Waals surface area contributed by atoms with Gasteiger partial charge in [0.15, 0.2) is 36.0 Å². The highest BCUT2D eigenvalue weighted by Crippen LogP contribution is 2.61. The molecule has 8 bridgehead atoms. The van der Waals surface area contributed by atoms with Gasteiger partial charge in [-0.15, -0.1) is 11.6 Å². The molecular weight excluding hydrogens is 1210 g/mol. The number of rotatable bonds is 18. The van der Waals surface area contributed by atoms with Gasteiger partial charge in [-0.2, -0.15) is 0 Å². The van der Waals surface area contributed by atoms with Crippen LogP contribution < -0.4 is 39.0 Å². The minimum absolute atomic E-state index is 0. The molecule has 13 heteroatoms. The van der Waals surface area contributed by atoms with Crippen LogP contribution in [0.2, 0.25) is 0 Å². The van der Waals surface area contributed by atoms with Gasteiger partial charge in [-0.3, -0.25) is 4.79 Å². The molecule has 1 N–H and O–H groups in total. The van der Waals surface area contributed by atoms with E-state index in [4.69, 9.17) is 35.3 Å². The number of aromatic hydroxyl groups is 1. The van der Waals surface area contributed by atoms with E-state index in [1.807, 2.05) is 60.7 Å². The van der Waals surface area contributed by atoms with Gasteiger partial charge in [-0.1, -0.05) is 97.1 Å². The lowest BCUT2D eigenvalue weighted by atomic mass is 9.50. The zero-order chi connectivity index (χ0) is 59.7. The number of esters is 2. The average Bonchev–Trinajstić information content (AvgIpc) is 0.803. The smallest absolute Gasteiger partial charge is 0.344 e. The molecule has 0 radical (unpaired) electrons. The lowest BCUT2D eigenvalue weighted by Crippen LogP contribution is -3.00. The van der Waals surface area contributed by atoms with E-state index in [2.05, 4.69) is 159 Å². The number of benzene rings is 8. The van der Waals surface area contributed by atoms with Crippen LogP contribution in [0.4, 0.5) is 0 Å². The van der Waals surface area contributed by atoms with Gasteiger partial charge in [-0.25, -0.2) is 4.79 Å². The zero-order valence-corrected chi connectivity index (χ0v) is 54.5. The van der Waals surface area contributed by atoms with E-state index >= 15 is 0 Å². The van der Waals surface area contributed by atoms with Gasteiger partial charge in [0.2, 0.25) is 0 Å². The Morgan fingerprint density at radius 2 is 0.674 bits per heavy atom. The van der Waals surface area contributed by atoms with Gasteiger partial charge in [0.1, 0.15) is 53.3 Å². The van der Waals surface area contributed by atoms with Crippen LogP contribution >= 0.6 is 11.6 Å². The number of phenols is 1. The third-order valence-electron chi connectivity index (χ3n) is 19.4. The monoisotopic (exact) mass is 1290 g/mol. The first kappa shape index (κ1) is 65.4. The van der Waals surface area contributed by atoms with Crippen molar-refractivity contribution >= 4 is 45.3 Å². The summed E-state index contributed by atoms with van der Waals surface area (Å²) < 4.78 is 29.7. The molecule has 8 saturated carbocycles. The summed E-state index contributed by atoms with van der Waals surface area (Å²) in [7, 11) is -0.328. The maximum atomic E-state index is 12.8. The normalized spacial score (nSPS) is 24.6. The largest absolute Gasteiger partial charge is 1.00 e. The van der Waals surface area contributed by atoms with Crippen molar-refractivity contribution in [2.24, 2.45) is 47.3 Å². The molecule has 89 heavy (non-hydrogen) atoms. The molecule has 8 aliphatic rings. The van der Waals surface area contributed by atoms with Crippen LogP contribution in [0, 0.1) is 47.3 Å². The molecule has 0 aromatic heterocycles. The first-order valence-corrected chi connectivity index (χ1v) is 34.1. The van der Waals surface area contributed by atoms with E-state index < -0.39 is 0 Å². The molecule has 8 aromatic rings. The van der Waals surface area contributed by atoms with Gasteiger partial charge in [-0.05, 0) is 258 Å². The summed E-state index contributed by atoms with van der Waals surface area (Å²) in [4.78, 5) is 31.9. The number of carbonyl (C=O) groups excluding carboxylic acids is 2. The zero-order valence-electron chi connectivity index (χ0n) is 50.6. The second-order valence-corrected chi connectivity index (χ2v) is 29.4. The third kappa shape index (κ3) is 15.8. The Morgan fingerprint density at radius 3 is 1.00 bits per heavy atom. The summed E-state index contributed by atoms with van der Waals surface area (Å²) in [5.41, 5.74) is 1.53. The van der Waals surface area contributed by atoms with Gasteiger partial charge < -0.3 is 53.6 Å². The lowest BCUT2D eigenvalue weighted by molar-refractivity contribution is -0.204. The van der Waals surface area contributed by atoms with Crippen LogP contribution in [0.25, 0.3) is 0 Å². The van der Waals surface area contributed by atoms with E-state index in [9.17, 15) is 14.7 Å². The molecule has 8 aliphatic carbocycles. The number of hydrogen-bond acceptors (Lipinski definition) is 8. The molecule has 0 amide bonds. The number of carbonyl (C=O) groups is 2. The number of halogens is 3. The van der Waals surface area contributed by atoms with Crippen LogP contribution in [0.15, 0.2) is 248 Å². The van der Waals surface area contributed by atoms with E-state index in [1.165, 1.54) is 93.6 Å². The van der Waals surface area contributed by atoms with Crippen molar-refractivity contribution in [1.82, 2.24) is 0 Å². The Labute approximate surface area is 549 Å². The molecule has 8 aromatic carbocycles. The Balaban J connectivity index is 0.000000162. The quantitative estimate of drug-likeness (QED) is 0.0515. The first-order valence-electron chi connectivity index (χ1n) is 31.1. The van der Waals surface area contributed by atoms with Crippen molar-refractivity contribution in [2.45, 2.75) is 132 Å². The lowest BCUT2D eigenvalue weighted by Gasteiger charge is -2.59. The predicted octanol–water partition coefficient (Wildman–Crippen LogP) is 11.6. The highest BCUT2D eigenvalue weighted by Gasteiger charge is 2.58. The third-order valence-corrected chi connectivity index (χ3v) is 24.0. The molecule has 0 atom stereocenters. The Morgan fingerprint density at radius 1 is 0.393 bits per heavy atom. The fourth-order valence-electron chi connectivity index (χ4n) is 15.3. The van der Waals surface area contributed by atoms with Gasteiger partial charge >= 0.3 is 11.9 Å². The summed E-state index contributed by atoms with van der Waals surface area (Å²) in [6.07, 6.45) is 12.7. The maximum absolute atomic E-state index is 12.8. The predicted molar refractivity (Wildman–Crippen MR) is 345 cm³/mol. The summed E-state index contributed by atoms with van der Waals surface area (Å²) in [5, 5.41) is 9.37. The molecule has 8 fully saturated rings. The SMILES string of the molecule is CC1(OC(=O)CCl)C2CC3CC(C2)CC1C3.CC1(OC(=O)COc2ccc(COc3ccc([S+](c4ccccc4)c4ccccc4)cc3)cc2)C2CC3CC(C2)CC1C3.Oc1ccc(COc2ccc([S+](c3ccccc3)c3ccccc3)cc2)cc1.[Cl-].[Cl-]. The summed E-state index contributed by atoms with van der Waals surface area (Å²) >= 11 is 5.55. The van der Waals surface area contributed by atoms with Crippen molar-refractivity contribution < 1.29 is 63.2 Å². The number of alkyl halides is 1. The van der Waals surface area contributed by atoms with E-state index in [1.54, 1.807) is 12.1 Å². The van der Waals surface area contributed by atoms with Gasteiger partial charge in [0.05, 0.1) is 21.8 Å². The topological polar surface area (TPSA) is 101 Å². The molecule has 0 aliphatic heterocycles. The number of hydrogen-bond donors (Lipinski definition) is 1. The number of ether oxygens (including phenoxy) is 5. The molecule has 0 unspecified atom stereocenters. The van der Waals surface area contributed by atoms with Crippen LogP contribution in [0.1, 0.15) is 89.2 Å². The minimum atomic E-state index is -0.322. The van der Waals surface area contributed by atoms with Crippen molar-refractivity contribution in [3.63, 3.8) is 0 Å². The van der Waals surface area contributed by atoms with Crippen molar-refractivity contribution in [3.8, 4) is 23.0 Å². The Bertz CT molecular complexity index is 3370. The maximum Gasteiger partial charge on any atom is 0.344 e. The molecule has 0 heterocycles. The number of phenolic OH excluding ortho intramolecular Hbond substituents is 1. The van der Waals surface area contributed by atoms with Gasteiger partial charge in [0.25, 0.3) is 0 Å². The summed E-state index contributed by atoms with van der Waals surface area (Å²) in [6.45, 7) is 5.18. The molecule has 464 valence electrons. The highest BCUT2D eigenvalue weighted by molar-refractivity contribution is 7.97. The first-order chi connectivity index (χ1) is 42.4. The molecule has 16 rings (SSSR count). The van der Waals surface area contributed by atoms with Crippen LogP contribution in [0.3, 0.4) is 0 Å². The van der Waals surface area contributed by atoms with Crippen LogP contribution in [0.5, 0.6) is 23.0 Å². The fourth-order valence-corrected chi connectivity index (χ4v) is 19.5. The fraction of sp³-hybridized carbons (Fsp3) is 0.342. The Hall–Kier alpha value is -6.53. The Kier molecular flexibility index (Phi) is 22.1. The molecule has 0 saturated heterocycles. The van der Waals surface area contributed by atoms with Gasteiger partial charge in [0, 0.05) is 0 Å². The van der Waals surface area contributed by atoms with Crippen LogP contribution in [-0.2, 0) is 54.1 Å². The van der Waals surface area contributed by atoms with E-state index in [0.29, 0.717) is 42.6 Å². The second-order valence-electron chi connectivity index (χ2n) is 25.0. The second kappa shape index (κ2) is 30.1. The highest BCUT2D eigenvalue weighted by atomic mass is 35.5. The average molecular weight is 1290 g/mol. The minimum Gasteiger partial charge on any atom is -1.00 e. The van der Waals surface area contributed by atoms with Crippen molar-refractivity contribution in [1.29, 1.82) is 0 Å². The summed E-state index contributed by atoms with van der Waals surface area (Å²) in [5.74, 6) is 7.80.